The number of carbonyl (C=O) groups excluding carboxylic acids is 2. The molecule has 0 aromatic carbocycles. The lowest BCUT2D eigenvalue weighted by atomic mass is 10.1. The van der Waals surface area contributed by atoms with E-state index in [0.717, 1.165) is 0 Å². The van der Waals surface area contributed by atoms with Crippen molar-refractivity contribution < 1.29 is 24.2 Å². The molecule has 0 spiro atoms. The Morgan fingerprint density at radius 1 is 1.29 bits per heavy atom. The zero-order valence-corrected chi connectivity index (χ0v) is 14.3. The van der Waals surface area contributed by atoms with E-state index < -0.39 is 23.6 Å². The van der Waals surface area contributed by atoms with Crippen molar-refractivity contribution in [2.24, 2.45) is 0 Å². The lowest BCUT2D eigenvalue weighted by molar-refractivity contribution is -0.159. The zero-order valence-electron chi connectivity index (χ0n) is 14.3. The minimum atomic E-state index is -1.09. The number of esters is 1. The van der Waals surface area contributed by atoms with E-state index in [0.29, 0.717) is 19.4 Å². The Balaban J connectivity index is 2.20. The molecule has 24 heavy (non-hydrogen) atoms. The van der Waals surface area contributed by atoms with Crippen LogP contribution in [-0.4, -0.2) is 51.0 Å². The maximum absolute atomic E-state index is 12.7. The quantitative estimate of drug-likeness (QED) is 0.850. The van der Waals surface area contributed by atoms with Gasteiger partial charge in [0.2, 0.25) is 0 Å². The van der Waals surface area contributed by atoms with E-state index in [-0.39, 0.29) is 22.9 Å². The number of aromatic carboxylic acids is 1. The van der Waals surface area contributed by atoms with Gasteiger partial charge in [0.05, 0.1) is 11.3 Å². The molecule has 0 saturated carbocycles. The second-order valence-corrected chi connectivity index (χ2v) is 6.82. The van der Waals surface area contributed by atoms with E-state index in [2.05, 4.69) is 4.98 Å². The molecule has 1 aromatic heterocycles. The highest BCUT2D eigenvalue weighted by molar-refractivity contribution is 5.97. The molecule has 1 fully saturated rings. The normalized spacial score (nSPS) is 17.7. The number of nitrogens with zero attached hydrogens (tertiary/aromatic N) is 2. The number of aryl methyl sites for hydroxylation is 1. The molecule has 130 valence electrons. The lowest BCUT2D eigenvalue weighted by Gasteiger charge is -2.27. The van der Waals surface area contributed by atoms with Gasteiger partial charge in [-0.3, -0.25) is 4.79 Å². The first-order chi connectivity index (χ1) is 11.1. The number of hydrogen-bond acceptors (Lipinski definition) is 5. The first kappa shape index (κ1) is 17.9. The SMILES string of the molecule is Cc1nc(C(=O)N2CCC[C@@H]2C(=O)OC(C)(C)C)ccc1C(=O)O. The fourth-order valence-electron chi connectivity index (χ4n) is 2.68. The molecule has 0 unspecified atom stereocenters. The van der Waals surface area contributed by atoms with Crippen LogP contribution in [0.4, 0.5) is 0 Å². The maximum atomic E-state index is 12.7. The molecule has 1 N–H and O–H groups in total. The molecule has 1 amide bonds. The maximum Gasteiger partial charge on any atom is 0.337 e. The van der Waals surface area contributed by atoms with Crippen LogP contribution in [-0.2, 0) is 9.53 Å². The van der Waals surface area contributed by atoms with Crippen LogP contribution < -0.4 is 0 Å². The summed E-state index contributed by atoms with van der Waals surface area (Å²) in [5.74, 6) is -1.90. The first-order valence-corrected chi connectivity index (χ1v) is 7.85. The first-order valence-electron chi connectivity index (χ1n) is 7.85. The molecule has 1 aliphatic heterocycles. The van der Waals surface area contributed by atoms with E-state index >= 15 is 0 Å². The van der Waals surface area contributed by atoms with Gasteiger partial charge in [-0.2, -0.15) is 0 Å². The van der Waals surface area contributed by atoms with E-state index in [1.165, 1.54) is 24.0 Å². The van der Waals surface area contributed by atoms with Gasteiger partial charge in [-0.25, -0.2) is 14.6 Å². The van der Waals surface area contributed by atoms with Gasteiger partial charge in [0.15, 0.2) is 0 Å². The molecule has 0 aliphatic carbocycles. The van der Waals surface area contributed by atoms with Gasteiger partial charge < -0.3 is 14.7 Å². The molecule has 1 aromatic rings. The Kier molecular flexibility index (Phi) is 4.91. The van der Waals surface area contributed by atoms with Gasteiger partial charge in [-0.15, -0.1) is 0 Å². The van der Waals surface area contributed by atoms with Crippen LogP contribution in [0, 0.1) is 6.92 Å². The second kappa shape index (κ2) is 6.59. The summed E-state index contributed by atoms with van der Waals surface area (Å²) in [7, 11) is 0. The Morgan fingerprint density at radius 2 is 1.96 bits per heavy atom. The van der Waals surface area contributed by atoms with Gasteiger partial charge in [-0.1, -0.05) is 0 Å². The molecular formula is C17H22N2O5. The molecular weight excluding hydrogens is 312 g/mol. The summed E-state index contributed by atoms with van der Waals surface area (Å²) in [5, 5.41) is 9.03. The summed E-state index contributed by atoms with van der Waals surface area (Å²) in [6, 6.07) is 2.11. The van der Waals surface area contributed by atoms with Crippen molar-refractivity contribution in [3.63, 3.8) is 0 Å². The number of hydrogen-bond donors (Lipinski definition) is 1. The molecule has 7 nitrogen and oxygen atoms in total. The molecule has 0 bridgehead atoms. The number of carbonyl (C=O) groups is 3. The third-order valence-corrected chi connectivity index (χ3v) is 3.73. The number of pyridine rings is 1. The number of carboxylic acid groups (broad SMARTS) is 1. The third-order valence-electron chi connectivity index (χ3n) is 3.73. The Morgan fingerprint density at radius 3 is 2.50 bits per heavy atom. The number of rotatable bonds is 3. The van der Waals surface area contributed by atoms with Crippen molar-refractivity contribution >= 4 is 17.8 Å². The van der Waals surface area contributed by atoms with Crippen molar-refractivity contribution in [2.75, 3.05) is 6.54 Å². The number of likely N-dealkylation sites (tertiary alicyclic amines) is 1. The zero-order chi connectivity index (χ0) is 18.1. The van der Waals surface area contributed by atoms with E-state index in [1.54, 1.807) is 20.8 Å². The van der Waals surface area contributed by atoms with Gasteiger partial charge in [0.1, 0.15) is 17.3 Å². The summed E-state index contributed by atoms with van der Waals surface area (Å²) in [6.45, 7) is 7.32. The van der Waals surface area contributed by atoms with Gasteiger partial charge >= 0.3 is 11.9 Å². The van der Waals surface area contributed by atoms with E-state index in [1.807, 2.05) is 0 Å². The summed E-state index contributed by atoms with van der Waals surface area (Å²) in [6.07, 6.45) is 1.26. The Labute approximate surface area is 140 Å². The van der Waals surface area contributed by atoms with Crippen molar-refractivity contribution in [3.8, 4) is 0 Å². The minimum Gasteiger partial charge on any atom is -0.478 e. The van der Waals surface area contributed by atoms with Crippen molar-refractivity contribution in [2.45, 2.75) is 52.2 Å². The fraction of sp³-hybridized carbons (Fsp3) is 0.529. The summed E-state index contributed by atoms with van der Waals surface area (Å²) in [5.41, 5.74) is -0.169. The van der Waals surface area contributed by atoms with Crippen LogP contribution >= 0.6 is 0 Å². The van der Waals surface area contributed by atoms with Crippen molar-refractivity contribution in [3.05, 3.63) is 29.1 Å². The molecule has 2 rings (SSSR count). The molecule has 2 heterocycles. The molecule has 1 atom stereocenters. The fourth-order valence-corrected chi connectivity index (χ4v) is 2.68. The minimum absolute atomic E-state index is 0.0525. The van der Waals surface area contributed by atoms with Crippen molar-refractivity contribution in [1.29, 1.82) is 0 Å². The average molecular weight is 334 g/mol. The topological polar surface area (TPSA) is 96.8 Å². The number of amides is 1. The van der Waals surface area contributed by atoms with Crippen LogP contribution in [0.1, 0.15) is 60.2 Å². The highest BCUT2D eigenvalue weighted by Crippen LogP contribution is 2.23. The Bertz CT molecular complexity index is 678. The van der Waals surface area contributed by atoms with E-state index in [9.17, 15) is 14.4 Å². The second-order valence-electron chi connectivity index (χ2n) is 6.82. The Hall–Kier alpha value is -2.44. The average Bonchev–Trinajstić information content (AvgIpc) is 2.93. The number of aromatic nitrogens is 1. The van der Waals surface area contributed by atoms with Crippen LogP contribution in [0.3, 0.4) is 0 Å². The van der Waals surface area contributed by atoms with Gasteiger partial charge in [0, 0.05) is 6.54 Å². The highest BCUT2D eigenvalue weighted by atomic mass is 16.6. The number of carboxylic acids is 1. The van der Waals surface area contributed by atoms with Crippen LogP contribution in [0.5, 0.6) is 0 Å². The van der Waals surface area contributed by atoms with Crippen LogP contribution in [0.15, 0.2) is 12.1 Å². The standard InChI is InChI=1S/C17H22N2O5/c1-10-11(15(21)22)7-8-12(18-10)14(20)19-9-5-6-13(19)16(23)24-17(2,3)4/h7-8,13H,5-6,9H2,1-4H3,(H,21,22)/t13-/m1/s1. The van der Waals surface area contributed by atoms with Gasteiger partial charge in [0.25, 0.3) is 5.91 Å². The largest absolute Gasteiger partial charge is 0.478 e. The lowest BCUT2D eigenvalue weighted by Crippen LogP contribution is -2.43. The van der Waals surface area contributed by atoms with Gasteiger partial charge in [-0.05, 0) is 52.7 Å². The third kappa shape index (κ3) is 3.90. The van der Waals surface area contributed by atoms with Crippen LogP contribution in [0.2, 0.25) is 0 Å². The smallest absolute Gasteiger partial charge is 0.337 e. The predicted molar refractivity (Wildman–Crippen MR) is 85.8 cm³/mol. The highest BCUT2D eigenvalue weighted by Gasteiger charge is 2.37. The predicted octanol–water partition coefficient (Wildman–Crippen LogP) is 2.03. The monoisotopic (exact) mass is 334 g/mol. The van der Waals surface area contributed by atoms with E-state index in [4.69, 9.17) is 9.84 Å². The molecule has 7 heteroatoms. The summed E-state index contributed by atoms with van der Waals surface area (Å²) in [4.78, 5) is 41.5. The van der Waals surface area contributed by atoms with Crippen molar-refractivity contribution in [1.82, 2.24) is 9.88 Å². The summed E-state index contributed by atoms with van der Waals surface area (Å²) < 4.78 is 5.38. The molecule has 1 aliphatic rings. The number of ether oxygens (including phenoxy) is 1. The molecule has 1 saturated heterocycles. The van der Waals surface area contributed by atoms with Crippen LogP contribution in [0.25, 0.3) is 0 Å². The summed E-state index contributed by atoms with van der Waals surface area (Å²) >= 11 is 0. The molecule has 0 radical (unpaired) electrons.